The van der Waals surface area contributed by atoms with Crippen LogP contribution in [0.5, 0.6) is 5.75 Å². The molecule has 1 heterocycles. The van der Waals surface area contributed by atoms with Gasteiger partial charge in [0.05, 0.1) is 18.0 Å². The number of hydrogen-bond acceptors (Lipinski definition) is 5. The number of oxime groups is 1. The molecule has 0 saturated heterocycles. The molecule has 0 spiro atoms. The lowest BCUT2D eigenvalue weighted by Crippen LogP contribution is -2.01. The minimum atomic E-state index is -0.776. The zero-order chi connectivity index (χ0) is 10.7. The van der Waals surface area contributed by atoms with Crippen molar-refractivity contribution in [3.63, 3.8) is 0 Å². The van der Waals surface area contributed by atoms with Gasteiger partial charge < -0.3 is 15.4 Å². The van der Waals surface area contributed by atoms with Crippen molar-refractivity contribution in [3.05, 3.63) is 23.0 Å². The van der Waals surface area contributed by atoms with Crippen LogP contribution in [0.25, 0.3) is 0 Å². The van der Waals surface area contributed by atoms with Gasteiger partial charge in [-0.05, 0) is 13.8 Å². The van der Waals surface area contributed by atoms with Crippen LogP contribution in [0.3, 0.4) is 0 Å². The number of aromatic nitrogens is 1. The summed E-state index contributed by atoms with van der Waals surface area (Å²) in [6, 6.07) is 0. The van der Waals surface area contributed by atoms with Crippen molar-refractivity contribution in [1.82, 2.24) is 4.98 Å². The molecule has 3 N–H and O–H groups in total. The molecule has 0 amide bonds. The number of rotatable bonds is 2. The molecule has 0 saturated carbocycles. The minimum Gasteiger partial charge on any atom is -0.505 e. The Kier molecular flexibility index (Phi) is 3.03. The van der Waals surface area contributed by atoms with Crippen molar-refractivity contribution in [2.75, 3.05) is 0 Å². The van der Waals surface area contributed by atoms with E-state index < -0.39 is 6.10 Å². The number of aliphatic hydroxyl groups excluding tert-OH is 1. The van der Waals surface area contributed by atoms with Gasteiger partial charge in [0.1, 0.15) is 5.75 Å². The third-order valence-corrected chi connectivity index (χ3v) is 1.94. The fourth-order valence-corrected chi connectivity index (χ4v) is 1.15. The molecule has 1 unspecified atom stereocenters. The van der Waals surface area contributed by atoms with Gasteiger partial charge >= 0.3 is 0 Å². The Morgan fingerprint density at radius 1 is 1.57 bits per heavy atom. The van der Waals surface area contributed by atoms with Crippen LogP contribution in [-0.4, -0.2) is 26.6 Å². The highest BCUT2D eigenvalue weighted by molar-refractivity contribution is 5.85. The average molecular weight is 196 g/mol. The second-order valence-electron chi connectivity index (χ2n) is 2.98. The van der Waals surface area contributed by atoms with Crippen LogP contribution in [0, 0.1) is 6.92 Å². The SMILES string of the molecule is Cc1ncc(C(C)O)c(/C=N/O)c1O. The van der Waals surface area contributed by atoms with Gasteiger partial charge in [-0.25, -0.2) is 0 Å². The third kappa shape index (κ3) is 1.82. The van der Waals surface area contributed by atoms with Crippen LogP contribution in [-0.2, 0) is 0 Å². The van der Waals surface area contributed by atoms with E-state index in [2.05, 4.69) is 10.1 Å². The summed E-state index contributed by atoms with van der Waals surface area (Å²) in [6.07, 6.45) is 1.74. The standard InChI is InChI=1S/C9H12N2O3/c1-5-9(13)8(4-11-14)7(3-10-5)6(2)12/h3-4,6,12-14H,1-2H3/b11-4+. The van der Waals surface area contributed by atoms with Gasteiger partial charge in [-0.2, -0.15) is 0 Å². The van der Waals surface area contributed by atoms with E-state index in [1.807, 2.05) is 0 Å². The molecule has 0 radical (unpaired) electrons. The predicted octanol–water partition coefficient (Wildman–Crippen LogP) is 0.957. The maximum Gasteiger partial charge on any atom is 0.146 e. The Morgan fingerprint density at radius 2 is 2.21 bits per heavy atom. The molecule has 14 heavy (non-hydrogen) atoms. The van der Waals surface area contributed by atoms with Crippen molar-refractivity contribution < 1.29 is 15.4 Å². The van der Waals surface area contributed by atoms with Crippen LogP contribution >= 0.6 is 0 Å². The zero-order valence-electron chi connectivity index (χ0n) is 7.97. The van der Waals surface area contributed by atoms with Crippen LogP contribution in [0.15, 0.2) is 11.4 Å². The summed E-state index contributed by atoms with van der Waals surface area (Å²) in [5.41, 5.74) is 1.13. The zero-order valence-corrected chi connectivity index (χ0v) is 7.97. The molecule has 5 nitrogen and oxygen atoms in total. The molecule has 1 rings (SSSR count). The van der Waals surface area contributed by atoms with Crippen molar-refractivity contribution >= 4 is 6.21 Å². The van der Waals surface area contributed by atoms with Crippen LogP contribution < -0.4 is 0 Å². The lowest BCUT2D eigenvalue weighted by molar-refractivity contribution is 0.198. The molecule has 5 heteroatoms. The summed E-state index contributed by atoms with van der Waals surface area (Å²) in [7, 11) is 0. The first kappa shape index (κ1) is 10.5. The number of nitrogens with zero attached hydrogens (tertiary/aromatic N) is 2. The van der Waals surface area contributed by atoms with Crippen molar-refractivity contribution in [2.24, 2.45) is 5.16 Å². The first-order valence-corrected chi connectivity index (χ1v) is 4.12. The van der Waals surface area contributed by atoms with E-state index >= 15 is 0 Å². The lowest BCUT2D eigenvalue weighted by Gasteiger charge is -2.10. The van der Waals surface area contributed by atoms with E-state index in [-0.39, 0.29) is 11.3 Å². The molecule has 1 atom stereocenters. The normalized spacial score (nSPS) is 13.4. The smallest absolute Gasteiger partial charge is 0.146 e. The Balaban J connectivity index is 3.37. The fourth-order valence-electron chi connectivity index (χ4n) is 1.15. The monoisotopic (exact) mass is 196 g/mol. The Morgan fingerprint density at radius 3 is 2.71 bits per heavy atom. The number of aliphatic hydroxyl groups is 1. The highest BCUT2D eigenvalue weighted by atomic mass is 16.4. The van der Waals surface area contributed by atoms with Gasteiger partial charge in [0.25, 0.3) is 0 Å². The van der Waals surface area contributed by atoms with Gasteiger partial charge in [0, 0.05) is 17.3 Å². The van der Waals surface area contributed by atoms with Gasteiger partial charge in [0.15, 0.2) is 0 Å². The maximum absolute atomic E-state index is 9.58. The summed E-state index contributed by atoms with van der Waals surface area (Å²) >= 11 is 0. The van der Waals surface area contributed by atoms with E-state index in [1.165, 1.54) is 6.20 Å². The van der Waals surface area contributed by atoms with Crippen molar-refractivity contribution in [2.45, 2.75) is 20.0 Å². The summed E-state index contributed by atoms with van der Waals surface area (Å²) in [5.74, 6) is -0.0822. The Labute approximate surface area is 81.3 Å². The third-order valence-electron chi connectivity index (χ3n) is 1.94. The summed E-state index contributed by atoms with van der Waals surface area (Å²) in [4.78, 5) is 3.89. The van der Waals surface area contributed by atoms with Crippen molar-refractivity contribution in [3.8, 4) is 5.75 Å². The van der Waals surface area contributed by atoms with Crippen LogP contribution in [0.1, 0.15) is 29.8 Å². The van der Waals surface area contributed by atoms with E-state index in [0.29, 0.717) is 11.3 Å². The lowest BCUT2D eigenvalue weighted by atomic mass is 10.0. The second-order valence-corrected chi connectivity index (χ2v) is 2.98. The van der Waals surface area contributed by atoms with Gasteiger partial charge in [-0.1, -0.05) is 5.16 Å². The number of pyridine rings is 1. The minimum absolute atomic E-state index is 0.0822. The van der Waals surface area contributed by atoms with Crippen molar-refractivity contribution in [1.29, 1.82) is 0 Å². The molecular weight excluding hydrogens is 184 g/mol. The highest BCUT2D eigenvalue weighted by Gasteiger charge is 2.13. The number of aromatic hydroxyl groups is 1. The quantitative estimate of drug-likeness (QED) is 0.373. The first-order valence-electron chi connectivity index (χ1n) is 4.12. The van der Waals surface area contributed by atoms with Gasteiger partial charge in [-0.15, -0.1) is 0 Å². The topological polar surface area (TPSA) is 85.9 Å². The summed E-state index contributed by atoms with van der Waals surface area (Å²) < 4.78 is 0. The Hall–Kier alpha value is -1.62. The maximum atomic E-state index is 9.58. The average Bonchev–Trinajstić information content (AvgIpc) is 2.13. The molecular formula is C9H12N2O3. The molecule has 0 fully saturated rings. The van der Waals surface area contributed by atoms with Gasteiger partial charge in [-0.3, -0.25) is 4.98 Å². The molecule has 76 valence electrons. The Bertz CT molecular complexity index is 361. The van der Waals surface area contributed by atoms with E-state index in [9.17, 15) is 10.2 Å². The number of aryl methyl sites for hydroxylation is 1. The first-order chi connectivity index (χ1) is 6.57. The largest absolute Gasteiger partial charge is 0.505 e. The molecule has 0 bridgehead atoms. The molecule has 1 aromatic heterocycles. The fraction of sp³-hybridized carbons (Fsp3) is 0.333. The van der Waals surface area contributed by atoms with E-state index in [0.717, 1.165) is 6.21 Å². The predicted molar refractivity (Wildman–Crippen MR) is 50.7 cm³/mol. The molecule has 0 aliphatic carbocycles. The van der Waals surface area contributed by atoms with Gasteiger partial charge in [0.2, 0.25) is 0 Å². The molecule has 0 aliphatic rings. The second kappa shape index (κ2) is 4.06. The summed E-state index contributed by atoms with van der Waals surface area (Å²) in [6.45, 7) is 3.16. The van der Waals surface area contributed by atoms with Crippen LogP contribution in [0.2, 0.25) is 0 Å². The highest BCUT2D eigenvalue weighted by Crippen LogP contribution is 2.25. The molecule has 0 aliphatic heterocycles. The molecule has 0 aromatic carbocycles. The van der Waals surface area contributed by atoms with E-state index in [4.69, 9.17) is 5.21 Å². The van der Waals surface area contributed by atoms with E-state index in [1.54, 1.807) is 13.8 Å². The number of hydrogen-bond donors (Lipinski definition) is 3. The van der Waals surface area contributed by atoms with Crippen LogP contribution in [0.4, 0.5) is 0 Å². The summed E-state index contributed by atoms with van der Waals surface area (Å²) in [5, 5.41) is 30.2. The molecule has 1 aromatic rings.